The summed E-state index contributed by atoms with van der Waals surface area (Å²) in [6.07, 6.45) is 20.3. The van der Waals surface area contributed by atoms with Gasteiger partial charge in [0, 0.05) is 12.8 Å². The summed E-state index contributed by atoms with van der Waals surface area (Å²) in [5.74, 6) is -0.406. The molecule has 1 heterocycles. The van der Waals surface area contributed by atoms with Crippen LogP contribution in [0.1, 0.15) is 110 Å². The fraction of sp³-hybridized carbons (Fsp3) is 0.913. The Bertz CT molecular complexity index is 389. The van der Waals surface area contributed by atoms with Crippen LogP contribution in [0.5, 0.6) is 0 Å². The van der Waals surface area contributed by atoms with Gasteiger partial charge in [0.15, 0.2) is 5.79 Å². The average molecular weight is 367 g/mol. The standard InChI is InChI=1S/C23H42O3/c1-3-5-6-7-8-9-10-11-13-17-22(24,16-4-2)21-20-25-23(26-21)18-14-12-15-19-23/h4,21,24H,2-3,5-20H2,1H3/t21-,22-/m1/s1. The van der Waals surface area contributed by atoms with Crippen molar-refractivity contribution >= 4 is 0 Å². The lowest BCUT2D eigenvalue weighted by Gasteiger charge is -2.36. The molecule has 2 atom stereocenters. The van der Waals surface area contributed by atoms with Crippen LogP contribution < -0.4 is 0 Å². The molecule has 0 unspecified atom stereocenters. The van der Waals surface area contributed by atoms with Crippen molar-refractivity contribution in [3.8, 4) is 0 Å². The molecule has 1 saturated heterocycles. The summed E-state index contributed by atoms with van der Waals surface area (Å²) < 4.78 is 12.4. The fourth-order valence-electron chi connectivity index (χ4n) is 4.56. The Morgan fingerprint density at radius 3 is 2.23 bits per heavy atom. The Morgan fingerprint density at radius 1 is 1.00 bits per heavy atom. The zero-order chi connectivity index (χ0) is 18.7. The van der Waals surface area contributed by atoms with Gasteiger partial charge in [0.1, 0.15) is 6.10 Å². The third kappa shape index (κ3) is 6.65. The van der Waals surface area contributed by atoms with Crippen LogP contribution in [0, 0.1) is 0 Å². The summed E-state index contributed by atoms with van der Waals surface area (Å²) in [7, 11) is 0. The molecule has 0 aromatic rings. The third-order valence-electron chi connectivity index (χ3n) is 6.28. The third-order valence-corrected chi connectivity index (χ3v) is 6.28. The minimum Gasteiger partial charge on any atom is -0.387 e. The van der Waals surface area contributed by atoms with Crippen LogP contribution in [0.15, 0.2) is 12.7 Å². The minimum atomic E-state index is -0.816. The van der Waals surface area contributed by atoms with Crippen LogP contribution in [-0.2, 0) is 9.47 Å². The molecule has 3 heteroatoms. The van der Waals surface area contributed by atoms with Gasteiger partial charge in [0.2, 0.25) is 0 Å². The largest absolute Gasteiger partial charge is 0.387 e. The maximum Gasteiger partial charge on any atom is 0.169 e. The maximum absolute atomic E-state index is 11.2. The van der Waals surface area contributed by atoms with E-state index in [1.54, 1.807) is 0 Å². The molecule has 1 saturated carbocycles. The van der Waals surface area contributed by atoms with E-state index in [0.29, 0.717) is 13.0 Å². The van der Waals surface area contributed by atoms with Crippen molar-refractivity contribution in [3.63, 3.8) is 0 Å². The molecule has 3 nitrogen and oxygen atoms in total. The highest BCUT2D eigenvalue weighted by molar-refractivity contribution is 4.97. The first-order valence-corrected chi connectivity index (χ1v) is 11.3. The predicted octanol–water partition coefficient (Wildman–Crippen LogP) is 6.29. The summed E-state index contributed by atoms with van der Waals surface area (Å²) in [4.78, 5) is 0. The van der Waals surface area contributed by atoms with E-state index in [2.05, 4.69) is 13.5 Å². The van der Waals surface area contributed by atoms with Crippen LogP contribution in [-0.4, -0.2) is 29.2 Å². The maximum atomic E-state index is 11.2. The molecule has 2 fully saturated rings. The topological polar surface area (TPSA) is 38.7 Å². The van der Waals surface area contributed by atoms with Gasteiger partial charge in [-0.15, -0.1) is 6.58 Å². The number of unbranched alkanes of at least 4 members (excludes halogenated alkanes) is 8. The highest BCUT2D eigenvalue weighted by Gasteiger charge is 2.49. The van der Waals surface area contributed by atoms with E-state index >= 15 is 0 Å². The summed E-state index contributed by atoms with van der Waals surface area (Å²) >= 11 is 0. The quantitative estimate of drug-likeness (QED) is 0.307. The first kappa shape index (κ1) is 21.9. The molecule has 1 N–H and O–H groups in total. The van der Waals surface area contributed by atoms with E-state index in [-0.39, 0.29) is 6.10 Å². The van der Waals surface area contributed by atoms with Gasteiger partial charge in [0.05, 0.1) is 12.2 Å². The van der Waals surface area contributed by atoms with E-state index in [9.17, 15) is 5.11 Å². The molecule has 1 aliphatic heterocycles. The molecule has 152 valence electrons. The molecular weight excluding hydrogens is 324 g/mol. The normalized spacial score (nSPS) is 24.6. The molecule has 2 aliphatic rings. The van der Waals surface area contributed by atoms with Gasteiger partial charge in [-0.1, -0.05) is 77.2 Å². The smallest absolute Gasteiger partial charge is 0.169 e. The molecular formula is C23H42O3. The average Bonchev–Trinajstić information content (AvgIpc) is 3.05. The molecule has 0 aromatic heterocycles. The van der Waals surface area contributed by atoms with Crippen molar-refractivity contribution < 1.29 is 14.6 Å². The summed E-state index contributed by atoms with van der Waals surface area (Å²) in [6.45, 7) is 6.65. The van der Waals surface area contributed by atoms with E-state index in [4.69, 9.17) is 9.47 Å². The first-order chi connectivity index (χ1) is 12.6. The zero-order valence-electron chi connectivity index (χ0n) is 17.1. The minimum absolute atomic E-state index is 0.201. The Morgan fingerprint density at radius 2 is 1.62 bits per heavy atom. The van der Waals surface area contributed by atoms with Crippen molar-refractivity contribution in [2.45, 2.75) is 127 Å². The number of aliphatic hydroxyl groups is 1. The van der Waals surface area contributed by atoms with Crippen LogP contribution >= 0.6 is 0 Å². The molecule has 0 amide bonds. The van der Waals surface area contributed by atoms with Gasteiger partial charge in [-0.2, -0.15) is 0 Å². The van der Waals surface area contributed by atoms with Crippen LogP contribution in [0.3, 0.4) is 0 Å². The summed E-state index contributed by atoms with van der Waals surface area (Å²) in [5.41, 5.74) is -0.816. The van der Waals surface area contributed by atoms with E-state index < -0.39 is 11.4 Å². The van der Waals surface area contributed by atoms with Crippen LogP contribution in [0.25, 0.3) is 0 Å². The first-order valence-electron chi connectivity index (χ1n) is 11.3. The number of ether oxygens (including phenoxy) is 2. The molecule has 1 aliphatic carbocycles. The Hall–Kier alpha value is -0.380. The predicted molar refractivity (Wildman–Crippen MR) is 108 cm³/mol. The SMILES string of the molecule is C=CC[C@@](O)(CCCCCCCCCCC)[C@H]1COC2(CCCCC2)O1. The van der Waals surface area contributed by atoms with Gasteiger partial charge in [0.25, 0.3) is 0 Å². The second-order valence-electron chi connectivity index (χ2n) is 8.56. The zero-order valence-corrected chi connectivity index (χ0v) is 17.1. The molecule has 0 radical (unpaired) electrons. The highest BCUT2D eigenvalue weighted by atomic mass is 16.7. The van der Waals surface area contributed by atoms with Gasteiger partial charge in [-0.05, 0) is 25.7 Å². The van der Waals surface area contributed by atoms with Crippen LogP contribution in [0.4, 0.5) is 0 Å². The summed E-state index contributed by atoms with van der Waals surface area (Å²) in [5, 5.41) is 11.2. The second-order valence-corrected chi connectivity index (χ2v) is 8.56. The summed E-state index contributed by atoms with van der Waals surface area (Å²) in [6, 6.07) is 0. The molecule has 0 bridgehead atoms. The van der Waals surface area contributed by atoms with Gasteiger partial charge in [-0.3, -0.25) is 0 Å². The van der Waals surface area contributed by atoms with Crippen molar-refractivity contribution in [2.75, 3.05) is 6.61 Å². The van der Waals surface area contributed by atoms with Crippen molar-refractivity contribution in [3.05, 3.63) is 12.7 Å². The second kappa shape index (κ2) is 11.5. The van der Waals surface area contributed by atoms with Gasteiger partial charge >= 0.3 is 0 Å². The molecule has 1 spiro atoms. The van der Waals surface area contributed by atoms with Gasteiger partial charge in [-0.25, -0.2) is 0 Å². The highest BCUT2D eigenvalue weighted by Crippen LogP contribution is 2.42. The Labute approximate surface area is 161 Å². The number of hydrogen-bond acceptors (Lipinski definition) is 3. The Balaban J connectivity index is 1.69. The van der Waals surface area contributed by atoms with Crippen molar-refractivity contribution in [2.24, 2.45) is 0 Å². The van der Waals surface area contributed by atoms with Gasteiger partial charge < -0.3 is 14.6 Å². The molecule has 26 heavy (non-hydrogen) atoms. The lowest BCUT2D eigenvalue weighted by atomic mass is 9.87. The molecule has 0 aromatic carbocycles. The monoisotopic (exact) mass is 366 g/mol. The van der Waals surface area contributed by atoms with E-state index in [1.165, 1.54) is 70.6 Å². The van der Waals surface area contributed by atoms with Crippen molar-refractivity contribution in [1.82, 2.24) is 0 Å². The van der Waals surface area contributed by atoms with Crippen molar-refractivity contribution in [1.29, 1.82) is 0 Å². The molecule has 2 rings (SSSR count). The van der Waals surface area contributed by atoms with E-state index in [0.717, 1.165) is 25.7 Å². The lowest BCUT2D eigenvalue weighted by molar-refractivity contribution is -0.208. The number of hydrogen-bond donors (Lipinski definition) is 1. The van der Waals surface area contributed by atoms with E-state index in [1.807, 2.05) is 6.08 Å². The lowest BCUT2D eigenvalue weighted by Crippen LogP contribution is -2.45. The fourth-order valence-corrected chi connectivity index (χ4v) is 4.56. The Kier molecular flexibility index (Phi) is 9.66. The number of rotatable bonds is 13. The van der Waals surface area contributed by atoms with Crippen LogP contribution in [0.2, 0.25) is 0 Å².